The van der Waals surface area contributed by atoms with Crippen molar-refractivity contribution in [1.82, 2.24) is 10.6 Å². The van der Waals surface area contributed by atoms with Gasteiger partial charge in [-0.2, -0.15) is 0 Å². The van der Waals surface area contributed by atoms with Crippen LogP contribution in [0.5, 0.6) is 0 Å². The first-order valence-electron chi connectivity index (χ1n) is 4.62. The van der Waals surface area contributed by atoms with E-state index >= 15 is 0 Å². The van der Waals surface area contributed by atoms with Gasteiger partial charge in [0.1, 0.15) is 14.7 Å². The molecule has 0 unspecified atom stereocenters. The lowest BCUT2D eigenvalue weighted by Gasteiger charge is -2.13. The molecule has 8 heteroatoms. The lowest BCUT2D eigenvalue weighted by Crippen LogP contribution is -2.38. The van der Waals surface area contributed by atoms with Crippen LogP contribution in [0.2, 0.25) is 0 Å². The molecule has 0 heterocycles. The summed E-state index contributed by atoms with van der Waals surface area (Å²) in [5.74, 6) is -0.922. The van der Waals surface area contributed by atoms with Gasteiger partial charge >= 0.3 is 5.97 Å². The zero-order valence-corrected chi connectivity index (χ0v) is 11.9. The van der Waals surface area contributed by atoms with E-state index in [1.165, 1.54) is 0 Å². The second kappa shape index (κ2) is 9.03. The minimum Gasteiger partial charge on any atom is -0.480 e. The second-order valence-electron chi connectivity index (χ2n) is 3.07. The smallest absolute Gasteiger partial charge is 0.326 e. The van der Waals surface area contributed by atoms with E-state index in [1.807, 2.05) is 0 Å². The highest BCUT2D eigenvalue weighted by atomic mass is 32.1. The number of thiocarbonyl (C=S) groups is 2. The van der Waals surface area contributed by atoms with Gasteiger partial charge in [-0.15, -0.1) is 25.3 Å². The lowest BCUT2D eigenvalue weighted by molar-refractivity contribution is -0.139. The number of carbonyl (C=O) groups is 1. The van der Waals surface area contributed by atoms with Gasteiger partial charge in [0.05, 0.1) is 0 Å². The van der Waals surface area contributed by atoms with E-state index in [1.54, 1.807) is 0 Å². The molecule has 0 rings (SSSR count). The van der Waals surface area contributed by atoms with E-state index < -0.39 is 12.0 Å². The number of nitrogens with one attached hydrogen (secondary N) is 2. The Bertz CT molecular complexity index is 273. The molecule has 1 atom stereocenters. The van der Waals surface area contributed by atoms with Gasteiger partial charge in [-0.3, -0.25) is 0 Å². The third-order valence-electron chi connectivity index (χ3n) is 1.79. The fourth-order valence-electron chi connectivity index (χ4n) is 1.08. The molecule has 0 aromatic carbocycles. The van der Waals surface area contributed by atoms with Gasteiger partial charge in [0, 0.05) is 6.54 Å². The molecular weight excluding hydrogens is 284 g/mol. The van der Waals surface area contributed by atoms with Crippen molar-refractivity contribution in [3.63, 3.8) is 0 Å². The molecule has 0 radical (unpaired) electrons. The summed E-state index contributed by atoms with van der Waals surface area (Å²) in [5.41, 5.74) is 0. The van der Waals surface area contributed by atoms with Gasteiger partial charge in [0.2, 0.25) is 0 Å². The van der Waals surface area contributed by atoms with Crippen LogP contribution >= 0.6 is 49.7 Å². The topological polar surface area (TPSA) is 61.4 Å². The Morgan fingerprint density at radius 3 is 2.31 bits per heavy atom. The van der Waals surface area contributed by atoms with Crippen molar-refractivity contribution < 1.29 is 9.90 Å². The van der Waals surface area contributed by atoms with E-state index in [2.05, 4.69) is 48.1 Å². The monoisotopic (exact) mass is 298 g/mol. The highest BCUT2D eigenvalue weighted by Gasteiger charge is 2.16. The third kappa shape index (κ3) is 9.20. The summed E-state index contributed by atoms with van der Waals surface area (Å²) >= 11 is 17.1. The maximum Gasteiger partial charge on any atom is 0.326 e. The molecule has 0 spiro atoms. The summed E-state index contributed by atoms with van der Waals surface area (Å²) in [4.78, 5) is 10.8. The Hall–Kier alpha value is -0.0500. The largest absolute Gasteiger partial charge is 0.480 e. The van der Waals surface area contributed by atoms with Gasteiger partial charge in [-0.1, -0.05) is 24.4 Å². The molecule has 0 aliphatic rings. The average Bonchev–Trinajstić information content (AvgIpc) is 2.14. The molecule has 0 aliphatic heterocycles. The summed E-state index contributed by atoms with van der Waals surface area (Å²) in [6.45, 7) is 0.694. The Morgan fingerprint density at radius 2 is 1.88 bits per heavy atom. The number of carboxylic acids is 1. The minimum absolute atomic E-state index is 0.196. The maximum absolute atomic E-state index is 10.8. The molecule has 0 aromatic rings. The Kier molecular flexibility index (Phi) is 9.00. The van der Waals surface area contributed by atoms with E-state index in [0.717, 1.165) is 12.8 Å². The van der Waals surface area contributed by atoms with Crippen LogP contribution in [-0.2, 0) is 4.79 Å². The number of rotatable bonds is 7. The number of hydrogen-bond acceptors (Lipinski definition) is 3. The SMILES string of the molecule is O=C(O)[C@@H](CCCCNC(=S)S)NC(=S)S. The number of carboxylic acid groups (broad SMARTS) is 1. The second-order valence-corrected chi connectivity index (χ2v) is 5.38. The summed E-state index contributed by atoms with van der Waals surface area (Å²) in [7, 11) is 0. The van der Waals surface area contributed by atoms with Gasteiger partial charge < -0.3 is 15.7 Å². The fourth-order valence-corrected chi connectivity index (χ4v) is 1.59. The van der Waals surface area contributed by atoms with Crippen molar-refractivity contribution in [2.75, 3.05) is 6.54 Å². The number of aliphatic carboxylic acids is 1. The molecule has 0 bridgehead atoms. The van der Waals surface area contributed by atoms with Crippen molar-refractivity contribution in [1.29, 1.82) is 0 Å². The van der Waals surface area contributed by atoms with Crippen molar-refractivity contribution in [3.05, 3.63) is 0 Å². The lowest BCUT2D eigenvalue weighted by atomic mass is 10.1. The standard InChI is InChI=1S/C8H14N2O2S4/c11-6(12)5(10-8(15)16)3-1-2-4-9-7(13)14/h5H,1-4H2,(H,11,12)(H2,9,13,14)(H2,10,15,16)/t5-/m1/s1. The summed E-state index contributed by atoms with van der Waals surface area (Å²) in [6, 6.07) is -0.673. The average molecular weight is 298 g/mol. The molecule has 0 aliphatic carbocycles. The van der Waals surface area contributed by atoms with Crippen LogP contribution in [0.25, 0.3) is 0 Å². The Balaban J connectivity index is 3.72. The Labute approximate surface area is 116 Å². The molecule has 4 nitrogen and oxygen atoms in total. The van der Waals surface area contributed by atoms with Crippen molar-refractivity contribution >= 4 is 64.3 Å². The van der Waals surface area contributed by atoms with E-state index in [0.29, 0.717) is 17.3 Å². The first-order chi connectivity index (χ1) is 7.43. The molecule has 0 fully saturated rings. The van der Waals surface area contributed by atoms with Crippen molar-refractivity contribution in [3.8, 4) is 0 Å². The van der Waals surface area contributed by atoms with Crippen LogP contribution in [0.1, 0.15) is 19.3 Å². The third-order valence-corrected chi connectivity index (χ3v) is 2.34. The molecule has 16 heavy (non-hydrogen) atoms. The number of unbranched alkanes of at least 4 members (excludes halogenated alkanes) is 1. The van der Waals surface area contributed by atoms with E-state index in [9.17, 15) is 4.79 Å². The number of hydrogen-bond donors (Lipinski definition) is 5. The normalized spacial score (nSPS) is 11.6. The van der Waals surface area contributed by atoms with Crippen LogP contribution in [0.15, 0.2) is 0 Å². The van der Waals surface area contributed by atoms with E-state index in [-0.39, 0.29) is 4.32 Å². The molecule has 0 aromatic heterocycles. The quantitative estimate of drug-likeness (QED) is 0.277. The van der Waals surface area contributed by atoms with Gasteiger partial charge in [-0.05, 0) is 19.3 Å². The molecule has 3 N–H and O–H groups in total. The van der Waals surface area contributed by atoms with Crippen LogP contribution < -0.4 is 10.6 Å². The van der Waals surface area contributed by atoms with Crippen LogP contribution in [-0.4, -0.2) is 32.3 Å². The van der Waals surface area contributed by atoms with Gasteiger partial charge in [-0.25, -0.2) is 4.79 Å². The molecule has 0 saturated heterocycles. The zero-order valence-electron chi connectivity index (χ0n) is 8.47. The van der Waals surface area contributed by atoms with Crippen molar-refractivity contribution in [2.45, 2.75) is 25.3 Å². The predicted molar refractivity (Wildman–Crippen MR) is 79.6 cm³/mol. The Morgan fingerprint density at radius 1 is 1.25 bits per heavy atom. The molecule has 0 amide bonds. The first kappa shape index (κ1) is 16.0. The summed E-state index contributed by atoms with van der Waals surface area (Å²) < 4.78 is 0.645. The highest BCUT2D eigenvalue weighted by molar-refractivity contribution is 8.11. The number of thiol groups is 2. The van der Waals surface area contributed by atoms with Crippen LogP contribution in [0, 0.1) is 0 Å². The van der Waals surface area contributed by atoms with Gasteiger partial charge in [0.25, 0.3) is 0 Å². The molecule has 0 saturated carbocycles. The zero-order chi connectivity index (χ0) is 12.6. The highest BCUT2D eigenvalue weighted by Crippen LogP contribution is 2.02. The van der Waals surface area contributed by atoms with Crippen LogP contribution in [0.3, 0.4) is 0 Å². The first-order valence-corrected chi connectivity index (χ1v) is 6.33. The van der Waals surface area contributed by atoms with Crippen LogP contribution in [0.4, 0.5) is 0 Å². The summed E-state index contributed by atoms with van der Waals surface area (Å²) in [6.07, 6.45) is 2.08. The fraction of sp³-hybridized carbons (Fsp3) is 0.625. The summed E-state index contributed by atoms with van der Waals surface area (Å²) in [5, 5.41) is 14.4. The maximum atomic E-state index is 10.8. The van der Waals surface area contributed by atoms with Gasteiger partial charge in [0.15, 0.2) is 0 Å². The van der Waals surface area contributed by atoms with Crippen molar-refractivity contribution in [2.24, 2.45) is 0 Å². The molecule has 92 valence electrons. The minimum atomic E-state index is -0.922. The molecular formula is C8H14N2O2S4. The predicted octanol–water partition coefficient (Wildman–Crippen LogP) is 1.22. The van der Waals surface area contributed by atoms with E-state index in [4.69, 9.17) is 17.3 Å².